The molecule has 0 aliphatic heterocycles. The number of aryl methyl sites for hydroxylation is 3. The van der Waals surface area contributed by atoms with Gasteiger partial charge in [0, 0.05) is 15.5 Å². The van der Waals surface area contributed by atoms with E-state index in [0.29, 0.717) is 16.4 Å². The number of rotatable bonds is 4. The molecular formula is C19H17ClIN3O. The van der Waals surface area contributed by atoms with Crippen LogP contribution in [0, 0.1) is 35.7 Å². The average Bonchev–Trinajstić information content (AvgIpc) is 2.52. The maximum atomic E-state index is 12.3. The molecule has 0 saturated carbocycles. The van der Waals surface area contributed by atoms with Gasteiger partial charge in [0.2, 0.25) is 0 Å². The minimum absolute atomic E-state index is 0.0333. The molecule has 0 spiro atoms. The molecule has 2 aromatic carbocycles. The lowest BCUT2D eigenvalue weighted by Crippen LogP contribution is -2.15. The Morgan fingerprint density at radius 1 is 1.20 bits per heavy atom. The van der Waals surface area contributed by atoms with Crippen LogP contribution in [0.3, 0.4) is 0 Å². The van der Waals surface area contributed by atoms with Gasteiger partial charge < -0.3 is 10.6 Å². The fraction of sp³-hybridized carbons (Fsp3) is 0.158. The van der Waals surface area contributed by atoms with Crippen molar-refractivity contribution in [3.8, 4) is 6.07 Å². The Morgan fingerprint density at radius 3 is 2.52 bits per heavy atom. The SMILES string of the molecule is Cc1cc(C)c(N/C=C(/C#N)C(=O)Nc2ccc(I)cc2C)c(Cl)c1. The topological polar surface area (TPSA) is 64.9 Å². The highest BCUT2D eigenvalue weighted by atomic mass is 127. The number of nitrogens with zero attached hydrogens (tertiary/aromatic N) is 1. The Morgan fingerprint density at radius 2 is 1.92 bits per heavy atom. The van der Waals surface area contributed by atoms with Gasteiger partial charge in [-0.1, -0.05) is 17.7 Å². The van der Waals surface area contributed by atoms with E-state index in [1.807, 2.05) is 57.2 Å². The van der Waals surface area contributed by atoms with E-state index in [2.05, 4.69) is 33.2 Å². The second-order valence-corrected chi connectivity index (χ2v) is 7.32. The molecule has 0 radical (unpaired) electrons. The van der Waals surface area contributed by atoms with Crippen LogP contribution in [0.5, 0.6) is 0 Å². The molecule has 128 valence electrons. The number of nitriles is 1. The van der Waals surface area contributed by atoms with Gasteiger partial charge in [0.05, 0.1) is 10.7 Å². The molecular weight excluding hydrogens is 449 g/mol. The van der Waals surface area contributed by atoms with E-state index in [1.54, 1.807) is 0 Å². The first-order valence-electron chi connectivity index (χ1n) is 7.53. The summed E-state index contributed by atoms with van der Waals surface area (Å²) in [5.74, 6) is -0.472. The van der Waals surface area contributed by atoms with E-state index in [-0.39, 0.29) is 5.57 Å². The Hall–Kier alpha value is -2.04. The summed E-state index contributed by atoms with van der Waals surface area (Å²) in [6.45, 7) is 5.77. The van der Waals surface area contributed by atoms with Crippen LogP contribution in [0.25, 0.3) is 0 Å². The van der Waals surface area contributed by atoms with E-state index in [1.165, 1.54) is 6.20 Å². The van der Waals surface area contributed by atoms with Crippen molar-refractivity contribution in [2.24, 2.45) is 0 Å². The Bertz CT molecular complexity index is 877. The average molecular weight is 466 g/mol. The molecule has 2 aromatic rings. The molecule has 0 unspecified atom stereocenters. The number of nitrogens with one attached hydrogen (secondary N) is 2. The van der Waals surface area contributed by atoms with E-state index in [4.69, 9.17) is 11.6 Å². The fourth-order valence-corrected chi connectivity index (χ4v) is 3.37. The van der Waals surface area contributed by atoms with Gasteiger partial charge in [0.25, 0.3) is 5.91 Å². The first-order chi connectivity index (χ1) is 11.8. The molecule has 0 atom stereocenters. The third kappa shape index (κ3) is 4.97. The summed E-state index contributed by atoms with van der Waals surface area (Å²) in [5, 5.41) is 15.6. The third-order valence-corrected chi connectivity index (χ3v) is 4.56. The Kier molecular flexibility index (Phi) is 6.45. The van der Waals surface area contributed by atoms with E-state index in [0.717, 1.165) is 20.3 Å². The van der Waals surface area contributed by atoms with Gasteiger partial charge in [-0.3, -0.25) is 4.79 Å². The standard InChI is InChI=1S/C19H17ClIN3O/c1-11-6-13(3)18(16(20)7-11)23-10-14(9-22)19(25)24-17-5-4-15(21)8-12(17)2/h4-8,10,23H,1-3H3,(H,24,25)/b14-10-. The van der Waals surface area contributed by atoms with Crippen molar-refractivity contribution in [2.45, 2.75) is 20.8 Å². The number of benzene rings is 2. The molecule has 25 heavy (non-hydrogen) atoms. The van der Waals surface area contributed by atoms with Gasteiger partial charge in [-0.15, -0.1) is 0 Å². The summed E-state index contributed by atoms with van der Waals surface area (Å²) in [5.41, 5.74) is 4.24. The van der Waals surface area contributed by atoms with Crippen LogP contribution in [-0.4, -0.2) is 5.91 Å². The Labute approximate surface area is 166 Å². The number of anilines is 2. The van der Waals surface area contributed by atoms with Crippen LogP contribution in [0.15, 0.2) is 42.1 Å². The maximum Gasteiger partial charge on any atom is 0.267 e. The molecule has 0 aliphatic rings. The number of halogens is 2. The lowest BCUT2D eigenvalue weighted by atomic mass is 10.1. The van der Waals surface area contributed by atoms with Crippen LogP contribution >= 0.6 is 34.2 Å². The molecule has 0 bridgehead atoms. The summed E-state index contributed by atoms with van der Waals surface area (Å²) in [6, 6.07) is 11.4. The molecule has 6 heteroatoms. The molecule has 1 amide bonds. The number of carbonyl (C=O) groups is 1. The number of carbonyl (C=O) groups excluding carboxylic acids is 1. The number of amides is 1. The van der Waals surface area contributed by atoms with Crippen LogP contribution in [-0.2, 0) is 4.79 Å². The van der Waals surface area contributed by atoms with Crippen molar-refractivity contribution in [3.05, 3.63) is 67.4 Å². The van der Waals surface area contributed by atoms with Crippen LogP contribution in [0.4, 0.5) is 11.4 Å². The minimum Gasteiger partial charge on any atom is -0.359 e. The first kappa shape index (κ1) is 19.3. The van der Waals surface area contributed by atoms with Gasteiger partial charge in [-0.2, -0.15) is 5.26 Å². The van der Waals surface area contributed by atoms with E-state index in [9.17, 15) is 10.1 Å². The van der Waals surface area contributed by atoms with E-state index >= 15 is 0 Å². The summed E-state index contributed by atoms with van der Waals surface area (Å²) in [7, 11) is 0. The van der Waals surface area contributed by atoms with Crippen molar-refractivity contribution < 1.29 is 4.79 Å². The van der Waals surface area contributed by atoms with Crippen LogP contribution in [0.1, 0.15) is 16.7 Å². The zero-order valence-corrected chi connectivity index (χ0v) is 17.0. The summed E-state index contributed by atoms with van der Waals surface area (Å²) < 4.78 is 1.08. The van der Waals surface area contributed by atoms with Gasteiger partial charge >= 0.3 is 0 Å². The lowest BCUT2D eigenvalue weighted by Gasteiger charge is -2.11. The summed E-state index contributed by atoms with van der Waals surface area (Å²) in [6.07, 6.45) is 1.38. The fourth-order valence-electron chi connectivity index (χ4n) is 2.35. The van der Waals surface area contributed by atoms with Crippen molar-refractivity contribution in [1.29, 1.82) is 5.26 Å². The quantitative estimate of drug-likeness (QED) is 0.364. The molecule has 4 nitrogen and oxygen atoms in total. The number of hydrogen-bond donors (Lipinski definition) is 2. The normalized spacial score (nSPS) is 11.0. The minimum atomic E-state index is -0.472. The second kappa shape index (κ2) is 8.37. The Balaban J connectivity index is 2.20. The third-order valence-electron chi connectivity index (χ3n) is 3.59. The van der Waals surface area contributed by atoms with Crippen LogP contribution in [0.2, 0.25) is 5.02 Å². The molecule has 0 saturated heterocycles. The second-order valence-electron chi connectivity index (χ2n) is 5.67. The van der Waals surface area contributed by atoms with Gasteiger partial charge in [0.1, 0.15) is 11.6 Å². The highest BCUT2D eigenvalue weighted by Crippen LogP contribution is 2.27. The monoisotopic (exact) mass is 465 g/mol. The van der Waals surface area contributed by atoms with Crippen molar-refractivity contribution in [1.82, 2.24) is 0 Å². The highest BCUT2D eigenvalue weighted by Gasteiger charge is 2.12. The predicted octanol–water partition coefficient (Wildman–Crippen LogP) is 5.33. The zero-order chi connectivity index (χ0) is 18.6. The summed E-state index contributed by atoms with van der Waals surface area (Å²) in [4.78, 5) is 12.3. The summed E-state index contributed by atoms with van der Waals surface area (Å²) >= 11 is 8.44. The number of hydrogen-bond acceptors (Lipinski definition) is 3. The lowest BCUT2D eigenvalue weighted by molar-refractivity contribution is -0.112. The highest BCUT2D eigenvalue weighted by molar-refractivity contribution is 14.1. The van der Waals surface area contributed by atoms with Gasteiger partial charge in [-0.05, 0) is 84.3 Å². The molecule has 0 fully saturated rings. The molecule has 2 rings (SSSR count). The van der Waals surface area contributed by atoms with Crippen molar-refractivity contribution in [2.75, 3.05) is 10.6 Å². The zero-order valence-electron chi connectivity index (χ0n) is 14.1. The van der Waals surface area contributed by atoms with Crippen LogP contribution < -0.4 is 10.6 Å². The molecule has 0 aromatic heterocycles. The largest absolute Gasteiger partial charge is 0.359 e. The first-order valence-corrected chi connectivity index (χ1v) is 8.98. The maximum absolute atomic E-state index is 12.3. The van der Waals surface area contributed by atoms with Crippen molar-refractivity contribution >= 4 is 51.5 Å². The molecule has 0 heterocycles. The molecule has 2 N–H and O–H groups in total. The van der Waals surface area contributed by atoms with Crippen molar-refractivity contribution in [3.63, 3.8) is 0 Å². The van der Waals surface area contributed by atoms with E-state index < -0.39 is 5.91 Å². The predicted molar refractivity (Wildman–Crippen MR) is 111 cm³/mol. The van der Waals surface area contributed by atoms with Gasteiger partial charge in [0.15, 0.2) is 0 Å². The smallest absolute Gasteiger partial charge is 0.267 e. The van der Waals surface area contributed by atoms with Gasteiger partial charge in [-0.25, -0.2) is 0 Å². The molecule has 0 aliphatic carbocycles.